The molecule has 0 aromatic heterocycles. The van der Waals surface area contributed by atoms with Crippen molar-refractivity contribution in [1.29, 1.82) is 0 Å². The Labute approximate surface area is 532 Å². The molecule has 0 bridgehead atoms. The molecule has 0 spiro atoms. The van der Waals surface area contributed by atoms with Gasteiger partial charge in [-0.15, -0.1) is 0 Å². The molecule has 6 rings (SSSR count). The van der Waals surface area contributed by atoms with Gasteiger partial charge in [-0.3, -0.25) is 58.8 Å². The second-order valence-electron chi connectivity index (χ2n) is 30.2. The lowest BCUT2D eigenvalue weighted by atomic mass is 9.89. The van der Waals surface area contributed by atoms with Crippen LogP contribution in [0.5, 0.6) is 0 Å². The summed E-state index contributed by atoms with van der Waals surface area (Å²) in [7, 11) is 0. The van der Waals surface area contributed by atoms with Crippen molar-refractivity contribution in [2.75, 3.05) is 190 Å². The monoisotopic (exact) mass is 1230 g/mol. The molecule has 6 aliphatic rings. The summed E-state index contributed by atoms with van der Waals surface area (Å²) in [5.74, 6) is 0.369. The number of nitrogens with zero attached hydrogens (tertiary/aromatic N) is 12. The van der Waals surface area contributed by atoms with E-state index in [1.165, 1.54) is 0 Å². The van der Waals surface area contributed by atoms with Gasteiger partial charge in [-0.1, -0.05) is 41.5 Å². The second kappa shape index (κ2) is 43.2. The Kier molecular flexibility index (Phi) is 41.9. The smallest absolute Gasteiger partial charge is 0.0718 e. The molecule has 18 heteroatoms. The van der Waals surface area contributed by atoms with Crippen LogP contribution in [-0.2, 0) is 0 Å². The van der Waals surface area contributed by atoms with Crippen LogP contribution in [0.1, 0.15) is 166 Å². The molecule has 6 fully saturated rings. The van der Waals surface area contributed by atoms with Gasteiger partial charge in [0.15, 0.2) is 0 Å². The number of aliphatic hydroxyl groups excluding tert-OH is 5. The predicted octanol–water partition coefficient (Wildman–Crippen LogP) is 5.19. The van der Waals surface area contributed by atoms with Gasteiger partial charge >= 0.3 is 0 Å². The average Bonchev–Trinajstić information content (AvgIpc) is 3.59. The minimum absolute atomic E-state index is 0.00478. The van der Waals surface area contributed by atoms with Gasteiger partial charge < -0.3 is 30.6 Å². The highest BCUT2D eigenvalue weighted by Crippen LogP contribution is 2.21. The highest BCUT2D eigenvalue weighted by atomic mass is 16.3. The summed E-state index contributed by atoms with van der Waals surface area (Å²) in [6.45, 7) is 79.9. The number of hydrogen-bond donors (Lipinski definition) is 6. The van der Waals surface area contributed by atoms with Crippen LogP contribution >= 0.6 is 0 Å². The lowest BCUT2D eigenvalue weighted by molar-refractivity contribution is 0.00985. The van der Waals surface area contributed by atoms with Crippen molar-refractivity contribution in [3.8, 4) is 0 Å². The first kappa shape index (κ1) is 83.3. The van der Waals surface area contributed by atoms with Crippen molar-refractivity contribution in [3.63, 3.8) is 0 Å². The van der Waals surface area contributed by atoms with E-state index < -0.39 is 5.60 Å². The van der Waals surface area contributed by atoms with Gasteiger partial charge in [0, 0.05) is 232 Å². The van der Waals surface area contributed by atoms with Crippen molar-refractivity contribution in [3.05, 3.63) is 0 Å². The summed E-state index contributed by atoms with van der Waals surface area (Å²) in [5, 5.41) is 57.8. The van der Waals surface area contributed by atoms with E-state index in [-0.39, 0.29) is 35.9 Å². The van der Waals surface area contributed by atoms with Gasteiger partial charge in [-0.05, 0) is 135 Å². The third-order valence-corrected chi connectivity index (χ3v) is 18.8. The SMILES string of the molecule is CC(C)C(O)CN1CCN(C(C)C)CC1.CC(C)N1CCN(CC(C)(C)O)CC1.CC(C)N1CCN(CC(O)C(C)(C)C)CC1.CC(O)C(C)N1CCN(C(C)C)CC1.CC(O)CN1CCN(C(C)C)CC1.CCC(O)CN1CCN(C(C)C)CC1. The van der Waals surface area contributed by atoms with E-state index in [1.54, 1.807) is 0 Å². The van der Waals surface area contributed by atoms with Crippen molar-refractivity contribution >= 4 is 0 Å². The normalized spacial score (nSPS) is 23.2. The summed E-state index contributed by atoms with van der Waals surface area (Å²) < 4.78 is 0. The molecule has 6 heterocycles. The predicted molar refractivity (Wildman–Crippen MR) is 366 cm³/mol. The fourth-order valence-electron chi connectivity index (χ4n) is 11.6. The maximum absolute atomic E-state index is 10.1. The molecule has 6 atom stereocenters. The maximum Gasteiger partial charge on any atom is 0.0718 e. The Morgan fingerprint density at radius 1 is 0.326 bits per heavy atom. The van der Waals surface area contributed by atoms with E-state index in [4.69, 9.17) is 0 Å². The molecule has 6 unspecified atom stereocenters. The van der Waals surface area contributed by atoms with Crippen LogP contribution in [0, 0.1) is 11.3 Å². The van der Waals surface area contributed by atoms with Crippen LogP contribution in [0.3, 0.4) is 0 Å². The zero-order chi connectivity index (χ0) is 65.6. The Bertz CT molecular complexity index is 1600. The second-order valence-corrected chi connectivity index (χ2v) is 30.2. The van der Waals surface area contributed by atoms with Crippen molar-refractivity contribution in [1.82, 2.24) is 58.8 Å². The van der Waals surface area contributed by atoms with Crippen molar-refractivity contribution < 1.29 is 30.6 Å². The standard InChI is InChI=1S/C13H28N2O.C12H26N2O.3C11H24N2O.C10H22N2O/c1-11(2)15-8-6-14(7-9-15)10-12(16)13(3,4)5;1-10(2)12(15)9-13-5-7-14(8-6-13)11(3)4;1-10(2)13-7-5-12(6-8-13)9-11(3,4)14;1-9(2)12-5-7-13(8-6-12)10(3)11(4)14;1-4-11(14)9-12-5-7-13(8-6-12)10(2)3;1-9(2)12-6-4-11(5-7-12)8-10(3)13/h11-12,16H,6-10H2,1-5H3;10-12,15H,5-9H2,1-4H3;10,14H,5-9H2,1-4H3;9-11,14H,5-8H2,1-4H3;10-11,14H,4-9H2,1-3H3;9-10,13H,4-8H2,1-3H3. The molecular formula is C68H148N12O6. The first-order valence-electron chi connectivity index (χ1n) is 34.9. The molecule has 86 heavy (non-hydrogen) atoms. The fourth-order valence-corrected chi connectivity index (χ4v) is 11.6. The van der Waals surface area contributed by atoms with E-state index in [0.29, 0.717) is 48.2 Å². The molecular weight excluding hydrogens is 1080 g/mol. The molecule has 0 aliphatic carbocycles. The third-order valence-electron chi connectivity index (χ3n) is 18.8. The maximum atomic E-state index is 10.1. The molecule has 516 valence electrons. The van der Waals surface area contributed by atoms with Gasteiger partial charge in [0.25, 0.3) is 0 Å². The summed E-state index contributed by atoms with van der Waals surface area (Å²) in [4.78, 5) is 29.1. The fraction of sp³-hybridized carbons (Fsp3) is 1.00. The zero-order valence-electron chi connectivity index (χ0n) is 60.8. The first-order valence-corrected chi connectivity index (χ1v) is 34.9. The number of rotatable bonds is 20. The summed E-state index contributed by atoms with van der Waals surface area (Å²) >= 11 is 0. The highest BCUT2D eigenvalue weighted by Gasteiger charge is 2.29. The number of piperazine rings is 6. The van der Waals surface area contributed by atoms with Gasteiger partial charge in [-0.25, -0.2) is 0 Å². The van der Waals surface area contributed by atoms with Crippen LogP contribution in [0.2, 0.25) is 0 Å². The van der Waals surface area contributed by atoms with E-state index in [2.05, 4.69) is 183 Å². The number of β-amino-alcohol motifs (C(OH)–C–C–N with tert-alkyl or cyclic N) is 5. The van der Waals surface area contributed by atoms with Crippen molar-refractivity contribution in [2.45, 2.75) is 244 Å². The minimum Gasteiger partial charge on any atom is -0.392 e. The highest BCUT2D eigenvalue weighted by molar-refractivity contribution is 4.84. The van der Waals surface area contributed by atoms with Gasteiger partial charge in [0.2, 0.25) is 0 Å². The largest absolute Gasteiger partial charge is 0.392 e. The van der Waals surface area contributed by atoms with Crippen LogP contribution in [-0.4, -0.2) is 358 Å². The molecule has 6 N–H and O–H groups in total. The lowest BCUT2D eigenvalue weighted by Gasteiger charge is -2.40. The quantitative estimate of drug-likeness (QED) is 0.0945. The summed E-state index contributed by atoms with van der Waals surface area (Å²) in [5.41, 5.74) is -0.560. The van der Waals surface area contributed by atoms with Gasteiger partial charge in [-0.2, -0.15) is 0 Å². The zero-order valence-corrected chi connectivity index (χ0v) is 60.8. The molecule has 6 saturated heterocycles. The average molecular weight is 1230 g/mol. The summed E-state index contributed by atoms with van der Waals surface area (Å²) in [6.07, 6.45) is -0.0785. The Morgan fingerprint density at radius 2 is 0.581 bits per heavy atom. The van der Waals surface area contributed by atoms with E-state index in [0.717, 1.165) is 196 Å². The summed E-state index contributed by atoms with van der Waals surface area (Å²) in [6, 6.07) is 4.22. The molecule has 18 nitrogen and oxygen atoms in total. The van der Waals surface area contributed by atoms with Gasteiger partial charge in [0.05, 0.1) is 36.1 Å². The molecule has 6 aliphatic heterocycles. The van der Waals surface area contributed by atoms with Gasteiger partial charge in [0.1, 0.15) is 0 Å². The molecule has 0 radical (unpaired) electrons. The van der Waals surface area contributed by atoms with E-state index in [9.17, 15) is 30.6 Å². The third kappa shape index (κ3) is 36.5. The minimum atomic E-state index is -0.556. The number of aliphatic hydroxyl groups is 6. The Morgan fingerprint density at radius 3 is 0.826 bits per heavy atom. The lowest BCUT2D eigenvalue weighted by Crippen LogP contribution is -2.53. The molecule has 0 saturated carbocycles. The first-order chi connectivity index (χ1) is 39.9. The van der Waals surface area contributed by atoms with Crippen LogP contribution < -0.4 is 0 Å². The number of hydrogen-bond acceptors (Lipinski definition) is 18. The van der Waals surface area contributed by atoms with E-state index >= 15 is 0 Å². The molecule has 0 amide bonds. The van der Waals surface area contributed by atoms with Crippen molar-refractivity contribution in [2.24, 2.45) is 11.3 Å². The van der Waals surface area contributed by atoms with E-state index in [1.807, 2.05) is 34.6 Å². The van der Waals surface area contributed by atoms with Crippen LogP contribution in [0.4, 0.5) is 0 Å². The Balaban J connectivity index is 0.000000517. The Hall–Kier alpha value is -0.720. The topological polar surface area (TPSA) is 160 Å². The molecule has 0 aromatic carbocycles. The van der Waals surface area contributed by atoms with Crippen LogP contribution in [0.15, 0.2) is 0 Å². The van der Waals surface area contributed by atoms with Crippen LogP contribution in [0.25, 0.3) is 0 Å². The molecule has 0 aromatic rings.